The Balaban J connectivity index is 1.18. The molecule has 2 aliphatic heterocycles. The quantitative estimate of drug-likeness (QED) is 0.121. The van der Waals surface area contributed by atoms with Crippen molar-refractivity contribution in [3.63, 3.8) is 0 Å². The first-order chi connectivity index (χ1) is 25.7. The van der Waals surface area contributed by atoms with Crippen molar-refractivity contribution in [2.45, 2.75) is 77.9 Å². The number of likely N-dealkylation sites (tertiary alicyclic amines) is 2. The molecule has 2 atom stereocenters. The van der Waals surface area contributed by atoms with E-state index in [9.17, 15) is 19.6 Å². The zero-order valence-corrected chi connectivity index (χ0v) is 31.1. The van der Waals surface area contributed by atoms with Gasteiger partial charge in [-0.05, 0) is 92.1 Å². The summed E-state index contributed by atoms with van der Waals surface area (Å²) in [5.41, 5.74) is 7.17. The van der Waals surface area contributed by atoms with Crippen molar-refractivity contribution in [3.8, 4) is 34.4 Å². The minimum absolute atomic E-state index is 0.153. The van der Waals surface area contributed by atoms with Crippen molar-refractivity contribution in [2.24, 2.45) is 0 Å². The van der Waals surface area contributed by atoms with Gasteiger partial charge >= 0.3 is 5.97 Å². The van der Waals surface area contributed by atoms with Crippen molar-refractivity contribution in [3.05, 3.63) is 105 Å². The van der Waals surface area contributed by atoms with E-state index in [1.807, 2.05) is 29.2 Å². The average Bonchev–Trinajstić information content (AvgIpc) is 3.58. The van der Waals surface area contributed by atoms with Gasteiger partial charge in [0.25, 0.3) is 0 Å². The van der Waals surface area contributed by atoms with Gasteiger partial charge in [0.05, 0.1) is 17.2 Å². The monoisotopic (exact) mass is 740 g/mol. The molecule has 0 unspecified atom stereocenters. The fraction of sp³-hybridized carbons (Fsp3) is 0.405. The van der Waals surface area contributed by atoms with Crippen LogP contribution in [0.2, 0.25) is 5.02 Å². The van der Waals surface area contributed by atoms with Gasteiger partial charge in [-0.2, -0.15) is 5.26 Å². The number of hydrogen-bond acceptors (Lipinski definition) is 8. The van der Waals surface area contributed by atoms with Gasteiger partial charge in [0, 0.05) is 55.8 Å². The van der Waals surface area contributed by atoms with Crippen LogP contribution in [0.5, 0.6) is 17.2 Å². The number of carbonyl (C=O) groups is 1. The summed E-state index contributed by atoms with van der Waals surface area (Å²) in [7, 11) is 0. The first-order valence-corrected chi connectivity index (χ1v) is 18.6. The molecule has 53 heavy (non-hydrogen) atoms. The molecular weight excluding hydrogens is 695 g/mol. The first-order valence-electron chi connectivity index (χ1n) is 18.3. The van der Waals surface area contributed by atoms with Crippen LogP contribution in [0.1, 0.15) is 65.5 Å². The molecule has 2 aliphatic rings. The smallest absolute Gasteiger partial charge is 0.320 e. The molecule has 3 aromatic carbocycles. The van der Waals surface area contributed by atoms with Crippen LogP contribution in [0.25, 0.3) is 11.1 Å². The number of ether oxygens (including phenoxy) is 3. The van der Waals surface area contributed by atoms with Crippen LogP contribution < -0.4 is 14.2 Å². The Labute approximate surface area is 315 Å². The van der Waals surface area contributed by atoms with Gasteiger partial charge in [-0.3, -0.25) is 14.7 Å². The lowest BCUT2D eigenvalue weighted by molar-refractivity contribution is -0.144. The molecule has 0 spiro atoms. The minimum atomic E-state index is -0.837. The highest BCUT2D eigenvalue weighted by molar-refractivity contribution is 6.32. The average molecular weight is 741 g/mol. The van der Waals surface area contributed by atoms with Gasteiger partial charge in [-0.25, -0.2) is 4.39 Å². The number of aliphatic carboxylic acids is 1. The lowest BCUT2D eigenvalue weighted by Crippen LogP contribution is -2.44. The van der Waals surface area contributed by atoms with Crippen LogP contribution in [0.15, 0.2) is 67.0 Å². The van der Waals surface area contributed by atoms with Gasteiger partial charge in [0.2, 0.25) is 0 Å². The second-order valence-corrected chi connectivity index (χ2v) is 14.3. The van der Waals surface area contributed by atoms with Crippen molar-refractivity contribution in [1.29, 1.82) is 5.26 Å². The summed E-state index contributed by atoms with van der Waals surface area (Å²) in [6.45, 7) is 8.29. The predicted octanol–water partition coefficient (Wildman–Crippen LogP) is 8.30. The lowest BCUT2D eigenvalue weighted by Gasteiger charge is -2.33. The van der Waals surface area contributed by atoms with E-state index in [1.54, 1.807) is 24.4 Å². The highest BCUT2D eigenvalue weighted by Gasteiger charge is 2.29. The first kappa shape index (κ1) is 38.0. The topological polar surface area (TPSA) is 108 Å². The molecule has 2 saturated heterocycles. The lowest BCUT2D eigenvalue weighted by atomic mass is 9.93. The van der Waals surface area contributed by atoms with Crippen molar-refractivity contribution in [2.75, 3.05) is 32.8 Å². The third kappa shape index (κ3) is 9.65. The Bertz CT molecular complexity index is 1950. The molecule has 0 bridgehead atoms. The summed E-state index contributed by atoms with van der Waals surface area (Å²) < 4.78 is 32.4. The molecule has 0 aliphatic carbocycles. The third-order valence-electron chi connectivity index (χ3n) is 10.2. The number of carboxylic acid groups (broad SMARTS) is 1. The van der Waals surface area contributed by atoms with Gasteiger partial charge in [-0.1, -0.05) is 48.4 Å². The molecule has 11 heteroatoms. The molecule has 0 radical (unpaired) electrons. The normalized spacial score (nSPS) is 17.7. The van der Waals surface area contributed by atoms with E-state index in [0.29, 0.717) is 61.2 Å². The Kier molecular flexibility index (Phi) is 12.8. The van der Waals surface area contributed by atoms with Crippen LogP contribution in [-0.2, 0) is 24.6 Å². The Morgan fingerprint density at radius 3 is 2.51 bits per heavy atom. The van der Waals surface area contributed by atoms with Crippen molar-refractivity contribution in [1.82, 2.24) is 14.8 Å². The van der Waals surface area contributed by atoms with E-state index >= 15 is 0 Å². The largest absolute Gasteiger partial charge is 0.493 e. The standard InChI is InChI=1S/C42H46ClFN4O5/c1-28-32(8-5-9-35(28)36-10-6-12-39(29(36)2)51-17-7-14-47-16-13-34(44)25-47)27-53-41-20-40(52-26-31-18-30(21-45)22-46-23-31)33(19-37(41)43)24-48-15-4-3-11-38(48)42(49)50/h5-6,8-10,12,18-20,22-23,34,38H,3-4,7,11,13-17,24-27H2,1-2H3,(H,49,50)/t34-,38+/m1/s1. The molecule has 6 rings (SSSR count). The number of benzene rings is 3. The SMILES string of the molecule is Cc1c(COc2cc(OCc3cncc(C#N)c3)c(CN3CCCC[C@H]3C(=O)O)cc2Cl)cccc1-c1cccc(OCCCN2CC[C@@H](F)C2)c1C. The van der Waals surface area contributed by atoms with E-state index in [4.69, 9.17) is 25.8 Å². The minimum Gasteiger partial charge on any atom is -0.493 e. The summed E-state index contributed by atoms with van der Waals surface area (Å²) in [6, 6.07) is 19.1. The Morgan fingerprint density at radius 2 is 1.74 bits per heavy atom. The molecule has 4 aromatic rings. The van der Waals surface area contributed by atoms with Gasteiger partial charge in [0.1, 0.15) is 48.7 Å². The molecule has 0 saturated carbocycles. The Morgan fingerprint density at radius 1 is 0.943 bits per heavy atom. The maximum Gasteiger partial charge on any atom is 0.320 e. The van der Waals surface area contributed by atoms with E-state index in [0.717, 1.165) is 77.0 Å². The maximum atomic E-state index is 13.5. The number of rotatable bonds is 15. The second-order valence-electron chi connectivity index (χ2n) is 13.9. The summed E-state index contributed by atoms with van der Waals surface area (Å²) in [5.74, 6) is 0.958. The van der Waals surface area contributed by atoms with E-state index in [1.165, 1.54) is 6.20 Å². The molecular formula is C42H46ClFN4O5. The summed E-state index contributed by atoms with van der Waals surface area (Å²) in [4.78, 5) is 20.3. The number of halogens is 2. The fourth-order valence-electron chi connectivity index (χ4n) is 7.22. The molecule has 3 heterocycles. The number of pyridine rings is 1. The van der Waals surface area contributed by atoms with Crippen molar-refractivity contribution >= 4 is 17.6 Å². The van der Waals surface area contributed by atoms with Gasteiger partial charge in [-0.15, -0.1) is 0 Å². The maximum absolute atomic E-state index is 13.5. The van der Waals surface area contributed by atoms with Crippen LogP contribution >= 0.6 is 11.6 Å². The highest BCUT2D eigenvalue weighted by atomic mass is 35.5. The van der Waals surface area contributed by atoms with E-state index in [-0.39, 0.29) is 13.2 Å². The van der Waals surface area contributed by atoms with Crippen LogP contribution in [-0.4, -0.2) is 70.9 Å². The van der Waals surface area contributed by atoms with E-state index < -0.39 is 18.2 Å². The summed E-state index contributed by atoms with van der Waals surface area (Å²) in [6.07, 6.45) is 6.26. The number of carboxylic acids is 1. The zero-order valence-electron chi connectivity index (χ0n) is 30.3. The van der Waals surface area contributed by atoms with Crippen LogP contribution in [0.3, 0.4) is 0 Å². The highest BCUT2D eigenvalue weighted by Crippen LogP contribution is 2.37. The molecule has 2 fully saturated rings. The summed E-state index contributed by atoms with van der Waals surface area (Å²) in [5, 5.41) is 19.6. The molecule has 9 nitrogen and oxygen atoms in total. The third-order valence-corrected chi connectivity index (χ3v) is 10.5. The predicted molar refractivity (Wildman–Crippen MR) is 202 cm³/mol. The summed E-state index contributed by atoms with van der Waals surface area (Å²) >= 11 is 6.85. The Hall–Kier alpha value is -4.69. The number of aromatic nitrogens is 1. The number of alkyl halides is 1. The van der Waals surface area contributed by atoms with E-state index in [2.05, 4.69) is 41.9 Å². The van der Waals surface area contributed by atoms with Crippen LogP contribution in [0.4, 0.5) is 4.39 Å². The van der Waals surface area contributed by atoms with Crippen molar-refractivity contribution < 1.29 is 28.5 Å². The van der Waals surface area contributed by atoms with Gasteiger partial charge in [0.15, 0.2) is 0 Å². The number of nitrogens with zero attached hydrogens (tertiary/aromatic N) is 4. The molecule has 278 valence electrons. The number of nitriles is 1. The molecule has 1 N–H and O–H groups in total. The molecule has 0 amide bonds. The van der Waals surface area contributed by atoms with Crippen LogP contribution in [0, 0.1) is 25.2 Å². The fourth-order valence-corrected chi connectivity index (χ4v) is 7.46. The van der Waals surface area contributed by atoms with Gasteiger partial charge < -0.3 is 24.2 Å². The number of piperidine rings is 1. The number of hydrogen-bond donors (Lipinski definition) is 1. The second kappa shape index (κ2) is 17.9. The molecule has 1 aromatic heterocycles. The zero-order chi connectivity index (χ0) is 37.3.